The van der Waals surface area contributed by atoms with E-state index in [9.17, 15) is 13.6 Å². The normalized spacial score (nSPS) is 20.9. The molecule has 2 aromatic carbocycles. The molecular weight excluding hydrogens is 618 g/mol. The molecule has 2 N–H and O–H groups in total. The highest BCUT2D eigenvalue weighted by atomic mass is 19.1. The number of piperazine rings is 1. The van der Waals surface area contributed by atoms with E-state index in [1.165, 1.54) is 50.5 Å². The number of amides is 1. The predicted octanol–water partition coefficient (Wildman–Crippen LogP) is 5.26. The van der Waals surface area contributed by atoms with Gasteiger partial charge in [0.05, 0.1) is 36.8 Å². The second-order valence-electron chi connectivity index (χ2n) is 12.8. The maximum Gasteiger partial charge on any atom is 0.247 e. The minimum atomic E-state index is -0.650. The number of carbonyl (C=O) groups is 1. The molecule has 7 rings (SSSR count). The summed E-state index contributed by atoms with van der Waals surface area (Å²) in [5.74, 6) is -0.176. The first-order valence-electron chi connectivity index (χ1n) is 16.7. The number of nitrogens with one attached hydrogen (secondary N) is 2. The fourth-order valence-electron chi connectivity index (χ4n) is 7.20. The zero-order valence-corrected chi connectivity index (χ0v) is 27.2. The van der Waals surface area contributed by atoms with Crippen LogP contribution in [-0.4, -0.2) is 90.7 Å². The van der Waals surface area contributed by atoms with Crippen molar-refractivity contribution in [1.29, 1.82) is 0 Å². The smallest absolute Gasteiger partial charge is 0.247 e. The number of rotatable bonds is 10. The molecule has 1 amide bonds. The Balaban J connectivity index is 1.08. The molecule has 3 aliphatic heterocycles. The van der Waals surface area contributed by atoms with Crippen LogP contribution < -0.4 is 25.3 Å². The van der Waals surface area contributed by atoms with Gasteiger partial charge in [0.2, 0.25) is 5.91 Å². The summed E-state index contributed by atoms with van der Waals surface area (Å²) in [7, 11) is 1.60. The molecule has 1 saturated carbocycles. The van der Waals surface area contributed by atoms with Gasteiger partial charge in [-0.25, -0.2) is 23.8 Å². The van der Waals surface area contributed by atoms with Crippen LogP contribution in [0.25, 0.3) is 0 Å². The predicted molar refractivity (Wildman–Crippen MR) is 181 cm³/mol. The Bertz CT molecular complexity index is 1620. The van der Waals surface area contributed by atoms with E-state index in [-0.39, 0.29) is 5.91 Å². The van der Waals surface area contributed by atoms with E-state index in [1.54, 1.807) is 18.2 Å². The van der Waals surface area contributed by atoms with Gasteiger partial charge in [0.1, 0.15) is 29.5 Å². The maximum atomic E-state index is 14.0. The fourth-order valence-corrected chi connectivity index (χ4v) is 7.20. The van der Waals surface area contributed by atoms with Crippen molar-refractivity contribution in [3.05, 3.63) is 72.6 Å². The van der Waals surface area contributed by atoms with Crippen molar-refractivity contribution in [2.75, 3.05) is 73.6 Å². The number of halogens is 2. The number of piperidine rings is 1. The summed E-state index contributed by atoms with van der Waals surface area (Å²) in [5.41, 5.74) is 2.55. The van der Waals surface area contributed by atoms with E-state index >= 15 is 0 Å². The van der Waals surface area contributed by atoms with Crippen LogP contribution >= 0.6 is 0 Å². The number of benzene rings is 2. The average Bonchev–Trinajstić information content (AvgIpc) is 3.83. The van der Waals surface area contributed by atoms with Crippen LogP contribution in [0.15, 0.2) is 55.4 Å². The van der Waals surface area contributed by atoms with Gasteiger partial charge < -0.3 is 20.3 Å². The first kappa shape index (κ1) is 32.2. The van der Waals surface area contributed by atoms with Crippen LogP contribution in [0, 0.1) is 11.6 Å². The molecular formula is C35H42F2N8O3. The molecule has 3 saturated heterocycles. The standard InChI is InChI=1S/C35H42F2N8O3/c1-3-35(46)41-28-19-29(40-33-21-34(39-22-38-33)45-30(8-15-48-45)23-16-24(36)18-25(37)17-23)32(47-2)20-31(28)44-9-6-27(7-10-44)43-13-11-42(12-14-43)26-4-5-26/h3,16-22,26-27,30H,1,4-15H2,2H3,(H,41,46)(H,38,39,40)/t30-/m1/s1. The lowest BCUT2D eigenvalue weighted by Gasteiger charge is -2.43. The highest BCUT2D eigenvalue weighted by Gasteiger charge is 2.34. The molecule has 4 aliphatic rings. The van der Waals surface area contributed by atoms with Crippen LogP contribution in [0.3, 0.4) is 0 Å². The molecule has 4 heterocycles. The summed E-state index contributed by atoms with van der Waals surface area (Å²) in [4.78, 5) is 34.8. The van der Waals surface area contributed by atoms with Crippen molar-refractivity contribution < 1.29 is 23.1 Å². The number of hydroxylamine groups is 1. The Morgan fingerprint density at radius 3 is 2.23 bits per heavy atom. The summed E-state index contributed by atoms with van der Waals surface area (Å²) >= 11 is 0. The summed E-state index contributed by atoms with van der Waals surface area (Å²) in [6.45, 7) is 10.3. The summed E-state index contributed by atoms with van der Waals surface area (Å²) in [5, 5.41) is 7.84. The van der Waals surface area contributed by atoms with Gasteiger partial charge in [0.15, 0.2) is 5.82 Å². The van der Waals surface area contributed by atoms with Crippen molar-refractivity contribution in [3.8, 4) is 5.75 Å². The molecule has 1 aliphatic carbocycles. The molecule has 1 atom stereocenters. The lowest BCUT2D eigenvalue weighted by atomic mass is 10.0. The third-order valence-corrected chi connectivity index (χ3v) is 9.81. The van der Waals surface area contributed by atoms with Gasteiger partial charge >= 0.3 is 0 Å². The molecule has 0 unspecified atom stereocenters. The largest absolute Gasteiger partial charge is 0.494 e. The topological polar surface area (TPSA) is 98.3 Å². The number of methoxy groups -OCH3 is 1. The number of hydrogen-bond donors (Lipinski definition) is 2. The van der Waals surface area contributed by atoms with Crippen molar-refractivity contribution >= 4 is 34.6 Å². The van der Waals surface area contributed by atoms with E-state index in [4.69, 9.17) is 9.57 Å². The number of carbonyl (C=O) groups excluding carboxylic acids is 1. The van der Waals surface area contributed by atoms with Crippen LogP contribution in [0.5, 0.6) is 5.75 Å². The molecule has 254 valence electrons. The van der Waals surface area contributed by atoms with Crippen molar-refractivity contribution in [3.63, 3.8) is 0 Å². The molecule has 13 heteroatoms. The third-order valence-electron chi connectivity index (χ3n) is 9.81. The van der Waals surface area contributed by atoms with Gasteiger partial charge in [-0.2, -0.15) is 0 Å². The zero-order chi connectivity index (χ0) is 33.2. The van der Waals surface area contributed by atoms with Gasteiger partial charge in [0, 0.05) is 76.0 Å². The number of anilines is 5. The van der Waals surface area contributed by atoms with Gasteiger partial charge in [0.25, 0.3) is 0 Å². The second-order valence-corrected chi connectivity index (χ2v) is 12.8. The van der Waals surface area contributed by atoms with E-state index in [2.05, 4.69) is 41.9 Å². The minimum Gasteiger partial charge on any atom is -0.494 e. The van der Waals surface area contributed by atoms with Crippen LogP contribution in [0.2, 0.25) is 0 Å². The lowest BCUT2D eigenvalue weighted by Crippen LogP contribution is -2.53. The molecule has 3 aromatic rings. The average molecular weight is 661 g/mol. The van der Waals surface area contributed by atoms with E-state index in [0.29, 0.717) is 53.4 Å². The van der Waals surface area contributed by atoms with Crippen LogP contribution in [0.1, 0.15) is 43.7 Å². The summed E-state index contributed by atoms with van der Waals surface area (Å²) in [6.07, 6.45) is 7.98. The van der Waals surface area contributed by atoms with Gasteiger partial charge in [-0.1, -0.05) is 6.58 Å². The fraction of sp³-hybridized carbons (Fsp3) is 0.457. The Kier molecular flexibility index (Phi) is 9.42. The molecule has 4 fully saturated rings. The van der Waals surface area contributed by atoms with Crippen molar-refractivity contribution in [2.45, 2.75) is 50.2 Å². The first-order chi connectivity index (χ1) is 23.4. The Hall–Kier alpha value is -4.33. The van der Waals surface area contributed by atoms with E-state index in [0.717, 1.165) is 56.8 Å². The SMILES string of the molecule is C=CC(=O)Nc1cc(Nc2cc(N3OCC[C@@H]3c3cc(F)cc(F)c3)ncn2)c(OC)cc1N1CCC(N2CCN(C3CC3)CC2)CC1. The first-order valence-corrected chi connectivity index (χ1v) is 16.7. The molecule has 0 bridgehead atoms. The Labute approximate surface area is 279 Å². The quantitative estimate of drug-likeness (QED) is 0.280. The maximum absolute atomic E-state index is 14.0. The van der Waals surface area contributed by atoms with Crippen LogP contribution in [0.4, 0.5) is 37.5 Å². The molecule has 1 aromatic heterocycles. The summed E-state index contributed by atoms with van der Waals surface area (Å²) in [6, 6.07) is 9.89. The molecule has 0 radical (unpaired) electrons. The Morgan fingerprint density at radius 2 is 1.58 bits per heavy atom. The van der Waals surface area contributed by atoms with Gasteiger partial charge in [-0.05, 0) is 55.5 Å². The lowest BCUT2D eigenvalue weighted by molar-refractivity contribution is -0.111. The third kappa shape index (κ3) is 7.08. The van der Waals surface area contributed by atoms with Crippen LogP contribution in [-0.2, 0) is 9.63 Å². The monoisotopic (exact) mass is 660 g/mol. The van der Waals surface area contributed by atoms with E-state index < -0.39 is 17.7 Å². The highest BCUT2D eigenvalue weighted by molar-refractivity contribution is 6.02. The zero-order valence-electron chi connectivity index (χ0n) is 27.2. The number of ether oxygens (including phenoxy) is 1. The molecule has 0 spiro atoms. The minimum absolute atomic E-state index is 0.314. The van der Waals surface area contributed by atoms with Gasteiger partial charge in [-0.15, -0.1) is 0 Å². The van der Waals surface area contributed by atoms with Crippen molar-refractivity contribution in [1.82, 2.24) is 19.8 Å². The van der Waals surface area contributed by atoms with Gasteiger partial charge in [-0.3, -0.25) is 19.4 Å². The second kappa shape index (κ2) is 14.0. The number of nitrogens with zero attached hydrogens (tertiary/aromatic N) is 6. The summed E-state index contributed by atoms with van der Waals surface area (Å²) < 4.78 is 33.9. The number of hydrogen-bond acceptors (Lipinski definition) is 10. The van der Waals surface area contributed by atoms with E-state index in [1.807, 2.05) is 12.1 Å². The molecule has 48 heavy (non-hydrogen) atoms. The van der Waals surface area contributed by atoms with Crippen molar-refractivity contribution in [2.24, 2.45) is 0 Å². The Morgan fingerprint density at radius 1 is 0.896 bits per heavy atom. The molecule has 11 nitrogen and oxygen atoms in total. The highest BCUT2D eigenvalue weighted by Crippen LogP contribution is 2.41. The number of aromatic nitrogens is 2.